The number of benzene rings is 2. The van der Waals surface area contributed by atoms with E-state index >= 15 is 0 Å². The Balaban J connectivity index is 1.49. The molecule has 1 amide bonds. The van der Waals surface area contributed by atoms with Crippen LogP contribution in [0.1, 0.15) is 36.1 Å². The maximum atomic E-state index is 13.3. The fourth-order valence-corrected chi connectivity index (χ4v) is 5.35. The Morgan fingerprint density at radius 1 is 0.930 bits per heavy atom. The highest BCUT2D eigenvalue weighted by atomic mass is 19.4. The van der Waals surface area contributed by atoms with Gasteiger partial charge in [0.1, 0.15) is 6.04 Å². The van der Waals surface area contributed by atoms with Crippen LogP contribution >= 0.6 is 0 Å². The molecular weight excluding hydrogens is 574 g/mol. The molecule has 1 aliphatic rings. The van der Waals surface area contributed by atoms with E-state index in [0.717, 1.165) is 35.4 Å². The minimum Gasteiger partial charge on any atom is -0.369 e. The minimum atomic E-state index is -5.94. The van der Waals surface area contributed by atoms with E-state index in [9.17, 15) is 36.2 Å². The molecule has 3 aromatic rings. The summed E-state index contributed by atoms with van der Waals surface area (Å²) in [7, 11) is 0. The lowest BCUT2D eigenvalue weighted by Crippen LogP contribution is -2.59. The van der Waals surface area contributed by atoms with Gasteiger partial charge in [0, 0.05) is 56.7 Å². The van der Waals surface area contributed by atoms with Gasteiger partial charge < -0.3 is 10.4 Å². The number of hydrogen-bond donors (Lipinski definition) is 2. The summed E-state index contributed by atoms with van der Waals surface area (Å²) in [6, 6.07) is 12.6. The molecule has 6 nitrogen and oxygen atoms in total. The van der Waals surface area contributed by atoms with Gasteiger partial charge in [-0.05, 0) is 60.7 Å². The number of aliphatic hydroxyl groups is 1. The van der Waals surface area contributed by atoms with Gasteiger partial charge in [0.2, 0.25) is 5.91 Å². The lowest BCUT2D eigenvalue weighted by Gasteiger charge is -2.41. The summed E-state index contributed by atoms with van der Waals surface area (Å²) in [6.45, 7) is 8.70. The van der Waals surface area contributed by atoms with Crippen LogP contribution in [0.25, 0.3) is 11.1 Å². The number of amides is 1. The monoisotopic (exact) mass is 608 g/mol. The van der Waals surface area contributed by atoms with Crippen molar-refractivity contribution >= 4 is 5.91 Å². The Morgan fingerprint density at radius 3 is 2.12 bits per heavy atom. The van der Waals surface area contributed by atoms with Gasteiger partial charge >= 0.3 is 12.4 Å². The Labute approximate surface area is 246 Å². The molecule has 0 spiro atoms. The molecule has 1 atom stereocenters. The standard InChI is InChI=1S/C31H34F6N4O2/c1-20(2)39-28(42)27-19-40(14-15-41(27)18-22-10-12-38-13-11-22)17-23-4-9-26(21(3)16-23)24-5-7-25(8-6-24)29(43,30(32,33)34)31(35,36)37/h4-13,16,20,27,43H,14-15,17-19H2,1-3H3,(H,39,42)/t27-/m1/s1. The molecule has 0 radical (unpaired) electrons. The first-order valence-electron chi connectivity index (χ1n) is 13.8. The second-order valence-electron chi connectivity index (χ2n) is 11.2. The number of carbonyl (C=O) groups is 1. The van der Waals surface area contributed by atoms with Crippen molar-refractivity contribution in [3.8, 4) is 11.1 Å². The summed E-state index contributed by atoms with van der Waals surface area (Å²) in [5.74, 6) is -0.0494. The van der Waals surface area contributed by atoms with E-state index in [2.05, 4.69) is 20.1 Å². The molecule has 0 saturated carbocycles. The topological polar surface area (TPSA) is 68.7 Å². The highest BCUT2D eigenvalue weighted by Gasteiger charge is 2.71. The van der Waals surface area contributed by atoms with Crippen LogP contribution in [0.15, 0.2) is 67.0 Å². The SMILES string of the molecule is Cc1cc(CN2CCN(Cc3ccncc3)[C@@H](C(=O)NC(C)C)C2)ccc1-c1ccc(C(O)(C(F)(F)F)C(F)(F)F)cc1. The first-order chi connectivity index (χ1) is 20.1. The average molecular weight is 609 g/mol. The Bertz CT molecular complexity index is 1380. The first kappa shape index (κ1) is 32.4. The summed E-state index contributed by atoms with van der Waals surface area (Å²) in [4.78, 5) is 21.5. The number of nitrogens with one attached hydrogen (secondary N) is 1. The molecule has 43 heavy (non-hydrogen) atoms. The fourth-order valence-electron chi connectivity index (χ4n) is 5.35. The zero-order chi connectivity index (χ0) is 31.6. The smallest absolute Gasteiger partial charge is 0.369 e. The van der Waals surface area contributed by atoms with Crippen LogP contribution in [-0.2, 0) is 23.5 Å². The number of piperazine rings is 1. The van der Waals surface area contributed by atoms with Crippen LogP contribution in [0.4, 0.5) is 26.3 Å². The Morgan fingerprint density at radius 2 is 1.56 bits per heavy atom. The number of nitrogens with zero attached hydrogens (tertiary/aromatic N) is 3. The van der Waals surface area contributed by atoms with Crippen molar-refractivity contribution in [3.63, 3.8) is 0 Å². The van der Waals surface area contributed by atoms with Crippen LogP contribution in [0, 0.1) is 6.92 Å². The number of alkyl halides is 6. The van der Waals surface area contributed by atoms with Gasteiger partial charge in [0.05, 0.1) is 0 Å². The van der Waals surface area contributed by atoms with Crippen LogP contribution < -0.4 is 5.32 Å². The van der Waals surface area contributed by atoms with Crippen LogP contribution in [0.5, 0.6) is 0 Å². The van der Waals surface area contributed by atoms with Crippen molar-refractivity contribution in [2.75, 3.05) is 19.6 Å². The zero-order valence-electron chi connectivity index (χ0n) is 24.0. The molecule has 2 N–H and O–H groups in total. The molecule has 1 aliphatic heterocycles. The predicted octanol–water partition coefficient (Wildman–Crippen LogP) is 5.58. The van der Waals surface area contributed by atoms with Gasteiger partial charge in [0.25, 0.3) is 5.60 Å². The van der Waals surface area contributed by atoms with Crippen molar-refractivity contribution in [1.29, 1.82) is 0 Å². The molecule has 1 saturated heterocycles. The Hall–Kier alpha value is -3.48. The molecular formula is C31H34F6N4O2. The van der Waals surface area contributed by atoms with Crippen molar-refractivity contribution in [1.82, 2.24) is 20.1 Å². The predicted molar refractivity (Wildman–Crippen MR) is 150 cm³/mol. The number of aromatic nitrogens is 1. The zero-order valence-corrected chi connectivity index (χ0v) is 24.0. The molecule has 232 valence electrons. The van der Waals surface area contributed by atoms with Gasteiger partial charge in [-0.2, -0.15) is 26.3 Å². The molecule has 12 heteroatoms. The third-order valence-electron chi connectivity index (χ3n) is 7.58. The van der Waals surface area contributed by atoms with Gasteiger partial charge in [-0.1, -0.05) is 42.5 Å². The minimum absolute atomic E-state index is 0.00867. The highest BCUT2D eigenvalue weighted by Crippen LogP contribution is 2.50. The molecule has 2 aromatic carbocycles. The van der Waals surface area contributed by atoms with E-state index in [4.69, 9.17) is 0 Å². The normalized spacial score (nSPS) is 17.3. The van der Waals surface area contributed by atoms with Crippen LogP contribution in [-0.4, -0.2) is 69.9 Å². The van der Waals surface area contributed by atoms with Crippen molar-refractivity contribution in [2.24, 2.45) is 0 Å². The van der Waals surface area contributed by atoms with Gasteiger partial charge in [-0.3, -0.25) is 19.6 Å². The molecule has 0 aliphatic carbocycles. The van der Waals surface area contributed by atoms with Crippen LogP contribution in [0.3, 0.4) is 0 Å². The number of pyridine rings is 1. The van der Waals surface area contributed by atoms with Crippen LogP contribution in [0.2, 0.25) is 0 Å². The second-order valence-corrected chi connectivity index (χ2v) is 11.2. The molecule has 0 bridgehead atoms. The first-order valence-corrected chi connectivity index (χ1v) is 13.8. The largest absolute Gasteiger partial charge is 0.430 e. The Kier molecular flexibility index (Phi) is 9.53. The number of carbonyl (C=O) groups excluding carboxylic acids is 1. The average Bonchev–Trinajstić information content (AvgIpc) is 2.92. The van der Waals surface area contributed by atoms with Gasteiger partial charge in [-0.15, -0.1) is 0 Å². The quantitative estimate of drug-likeness (QED) is 0.327. The van der Waals surface area contributed by atoms with Gasteiger partial charge in [-0.25, -0.2) is 0 Å². The maximum Gasteiger partial charge on any atom is 0.430 e. The molecule has 1 fully saturated rings. The van der Waals surface area contributed by atoms with Crippen molar-refractivity contribution in [3.05, 3.63) is 89.2 Å². The molecule has 2 heterocycles. The van der Waals surface area contributed by atoms with E-state index in [-0.39, 0.29) is 18.0 Å². The summed E-state index contributed by atoms with van der Waals surface area (Å²) in [6.07, 6.45) is -8.44. The van der Waals surface area contributed by atoms with E-state index in [1.165, 1.54) is 0 Å². The number of rotatable bonds is 8. The van der Waals surface area contributed by atoms with E-state index in [1.54, 1.807) is 25.4 Å². The number of aryl methyl sites for hydroxylation is 1. The van der Waals surface area contributed by atoms with E-state index in [1.807, 2.05) is 38.1 Å². The third-order valence-corrected chi connectivity index (χ3v) is 7.58. The lowest BCUT2D eigenvalue weighted by atomic mass is 9.90. The second kappa shape index (κ2) is 12.6. The fraction of sp³-hybridized carbons (Fsp3) is 0.419. The summed E-state index contributed by atoms with van der Waals surface area (Å²) in [5, 5.41) is 12.7. The van der Waals surface area contributed by atoms with Crippen molar-refractivity contribution < 1.29 is 36.2 Å². The van der Waals surface area contributed by atoms with E-state index < -0.39 is 23.5 Å². The van der Waals surface area contributed by atoms with Gasteiger partial charge in [0.15, 0.2) is 0 Å². The molecule has 0 unspecified atom stereocenters. The highest BCUT2D eigenvalue weighted by molar-refractivity contribution is 5.82. The maximum absolute atomic E-state index is 13.3. The van der Waals surface area contributed by atoms with E-state index in [0.29, 0.717) is 49.4 Å². The summed E-state index contributed by atoms with van der Waals surface area (Å²) < 4.78 is 79.5. The van der Waals surface area contributed by atoms with Crippen molar-refractivity contribution in [2.45, 2.75) is 63.9 Å². The summed E-state index contributed by atoms with van der Waals surface area (Å²) in [5.41, 5.74) is -2.44. The number of halogens is 6. The molecule has 4 rings (SSSR count). The summed E-state index contributed by atoms with van der Waals surface area (Å²) >= 11 is 0. The number of hydrogen-bond acceptors (Lipinski definition) is 5. The molecule has 1 aromatic heterocycles. The third kappa shape index (κ3) is 7.19. The lowest BCUT2D eigenvalue weighted by molar-refractivity contribution is -0.376.